The van der Waals surface area contributed by atoms with Crippen molar-refractivity contribution in [3.05, 3.63) is 190 Å². The minimum atomic E-state index is -0.250. The lowest BCUT2D eigenvalue weighted by Gasteiger charge is -2.54. The van der Waals surface area contributed by atoms with Crippen molar-refractivity contribution in [2.24, 2.45) is 0 Å². The van der Waals surface area contributed by atoms with Gasteiger partial charge in [-0.3, -0.25) is 0 Å². The van der Waals surface area contributed by atoms with E-state index in [1.165, 1.54) is 149 Å². The maximum atomic E-state index is 3.00. The van der Waals surface area contributed by atoms with Crippen LogP contribution in [0.1, 0.15) is 179 Å². The summed E-state index contributed by atoms with van der Waals surface area (Å²) in [5.74, 6) is 0. The highest BCUT2D eigenvalue weighted by Crippen LogP contribution is 2.67. The molecule has 0 spiro atoms. The fourth-order valence-electron chi connectivity index (χ4n) is 17.2. The summed E-state index contributed by atoms with van der Waals surface area (Å²) in [6.07, 6.45) is 9.48. The lowest BCUT2D eigenvalue weighted by atomic mass is 9.33. The van der Waals surface area contributed by atoms with Gasteiger partial charge in [-0.15, -0.1) is 0 Å². The molecule has 14 rings (SSSR count). The summed E-state index contributed by atoms with van der Waals surface area (Å²) in [4.78, 5) is 8.67. The Labute approximate surface area is 473 Å². The maximum absolute atomic E-state index is 3.00. The van der Waals surface area contributed by atoms with Crippen molar-refractivity contribution in [3.63, 3.8) is 0 Å². The highest BCUT2D eigenvalue weighted by molar-refractivity contribution is 7.00. The van der Waals surface area contributed by atoms with Crippen molar-refractivity contribution in [1.29, 1.82) is 0 Å². The predicted octanol–water partition coefficient (Wildman–Crippen LogP) is 18.1. The van der Waals surface area contributed by atoms with Crippen molar-refractivity contribution >= 4 is 73.7 Å². The van der Waals surface area contributed by atoms with E-state index in [1.807, 2.05) is 0 Å². The van der Waals surface area contributed by atoms with Gasteiger partial charge < -0.3 is 14.7 Å². The van der Waals surface area contributed by atoms with Crippen LogP contribution in [0.25, 0.3) is 21.9 Å². The van der Waals surface area contributed by atoms with Gasteiger partial charge in [0.15, 0.2) is 0 Å². The molecule has 2 fully saturated rings. The Hall–Kier alpha value is -6.52. The van der Waals surface area contributed by atoms with Gasteiger partial charge >= 0.3 is 0 Å². The van der Waals surface area contributed by atoms with Gasteiger partial charge in [0.2, 0.25) is 0 Å². The molecule has 4 unspecified atom stereocenters. The van der Waals surface area contributed by atoms with Crippen molar-refractivity contribution < 1.29 is 0 Å². The summed E-state index contributed by atoms with van der Waals surface area (Å²) in [6.45, 7) is 34.3. The van der Waals surface area contributed by atoms with Gasteiger partial charge in [0.05, 0.1) is 16.8 Å². The van der Waals surface area contributed by atoms with E-state index in [9.17, 15) is 0 Å². The van der Waals surface area contributed by atoms with E-state index in [1.54, 1.807) is 5.56 Å². The molecule has 8 aromatic carbocycles. The number of hydrogen-bond donors (Lipinski definition) is 0. The molecule has 400 valence electrons. The Morgan fingerprint density at radius 1 is 0.468 bits per heavy atom. The summed E-state index contributed by atoms with van der Waals surface area (Å²) in [6, 6.07) is 58.8. The molecule has 0 bridgehead atoms. The Morgan fingerprint density at radius 3 is 1.81 bits per heavy atom. The third-order valence-corrected chi connectivity index (χ3v) is 21.4. The second-order valence-electron chi connectivity index (χ2n) is 29.2. The summed E-state index contributed by atoms with van der Waals surface area (Å²) < 4.78 is 0. The molecular formula is C75H82BN3. The summed E-state index contributed by atoms with van der Waals surface area (Å²) in [5, 5.41) is 2.53. The number of benzene rings is 8. The van der Waals surface area contributed by atoms with Crippen molar-refractivity contribution in [2.45, 2.75) is 186 Å². The first kappa shape index (κ1) is 50.7. The Balaban J connectivity index is 1.16. The van der Waals surface area contributed by atoms with Crippen LogP contribution < -0.4 is 31.1 Å². The van der Waals surface area contributed by atoms with Crippen molar-refractivity contribution in [3.8, 4) is 11.1 Å². The minimum Gasteiger partial charge on any atom is -0.335 e. The monoisotopic (exact) mass is 1040 g/mol. The molecule has 3 nitrogen and oxygen atoms in total. The van der Waals surface area contributed by atoms with Crippen molar-refractivity contribution in [1.82, 2.24) is 0 Å². The van der Waals surface area contributed by atoms with Gasteiger partial charge in [-0.2, -0.15) is 0 Å². The average molecular weight is 1040 g/mol. The van der Waals surface area contributed by atoms with Crippen LogP contribution in [-0.2, 0) is 27.1 Å². The SMILES string of the molecule is Cc1cc(C)c2c(c1)N(c1cc3c4c(c1)N1c5c(cc(C(C)(C)C)cc5C5(c6ccccc6)CCCCC15C)B4c1cc(C(C)(C)C)ccc1N3c1ccc(C(C)(C)C)cc1-c1ccc3ccccc3c1)C1(C)CCCCC21C. The zero-order valence-corrected chi connectivity index (χ0v) is 49.9. The van der Waals surface area contributed by atoms with Crippen LogP contribution in [-0.4, -0.2) is 17.8 Å². The summed E-state index contributed by atoms with van der Waals surface area (Å²) >= 11 is 0. The van der Waals surface area contributed by atoms with Gasteiger partial charge in [0.1, 0.15) is 0 Å². The highest BCUT2D eigenvalue weighted by atomic mass is 15.3. The van der Waals surface area contributed by atoms with Gasteiger partial charge in [-0.25, -0.2) is 0 Å². The lowest BCUT2D eigenvalue weighted by molar-refractivity contribution is 0.194. The number of hydrogen-bond acceptors (Lipinski definition) is 3. The largest absolute Gasteiger partial charge is 0.335 e. The number of aryl methyl sites for hydroxylation is 2. The van der Waals surface area contributed by atoms with Gasteiger partial charge in [0.25, 0.3) is 6.71 Å². The smallest absolute Gasteiger partial charge is 0.252 e. The van der Waals surface area contributed by atoms with Crippen LogP contribution in [0.5, 0.6) is 0 Å². The molecule has 0 aromatic heterocycles. The van der Waals surface area contributed by atoms with Crippen LogP contribution in [0.15, 0.2) is 146 Å². The lowest BCUT2D eigenvalue weighted by Crippen LogP contribution is -2.65. The zero-order valence-electron chi connectivity index (χ0n) is 49.9. The fourth-order valence-corrected chi connectivity index (χ4v) is 17.2. The van der Waals surface area contributed by atoms with Gasteiger partial charge in [-0.1, -0.05) is 198 Å². The van der Waals surface area contributed by atoms with Crippen LogP contribution >= 0.6 is 0 Å². The third kappa shape index (κ3) is 6.91. The van der Waals surface area contributed by atoms with E-state index >= 15 is 0 Å². The molecule has 4 heteroatoms. The van der Waals surface area contributed by atoms with Crippen LogP contribution in [0.4, 0.5) is 39.8 Å². The number of nitrogens with zero attached hydrogens (tertiary/aromatic N) is 3. The standard InChI is InChI=1S/C75H82BN3/c1-47-38-48(2)66-63(39-47)78(73(13)35-21-20-34-72(66,73)12)56-45-64-67-65(46-56)79-68-58(75(52-26-16-15-17-27-52)37-23-22-36-74(75,79)14)42-55(71(9,10)11)44-60(68)76(67)59-43-54(70(6,7)8)31-33-62(59)77(64)61-32-30-53(69(3,4)5)41-57(61)51-29-28-49-24-18-19-25-50(49)40-51/h15-19,24-33,38-46H,20-23,34-37H2,1-14H3. The molecule has 4 heterocycles. The quantitative estimate of drug-likeness (QED) is 0.163. The molecule has 4 atom stereocenters. The highest BCUT2D eigenvalue weighted by Gasteiger charge is 2.65. The first-order valence-corrected chi connectivity index (χ1v) is 30.2. The summed E-state index contributed by atoms with van der Waals surface area (Å²) in [5.41, 5.74) is 26.9. The van der Waals surface area contributed by atoms with E-state index < -0.39 is 0 Å². The molecule has 4 aliphatic heterocycles. The second-order valence-corrected chi connectivity index (χ2v) is 29.2. The second kappa shape index (κ2) is 16.8. The average Bonchev–Trinajstić information content (AvgIpc) is 1.97. The minimum absolute atomic E-state index is 0.000306. The van der Waals surface area contributed by atoms with E-state index in [0.717, 1.165) is 19.3 Å². The molecule has 0 radical (unpaired) electrons. The molecule has 79 heavy (non-hydrogen) atoms. The van der Waals surface area contributed by atoms with Crippen LogP contribution in [0.3, 0.4) is 0 Å². The van der Waals surface area contributed by atoms with Crippen LogP contribution in [0.2, 0.25) is 0 Å². The first-order valence-electron chi connectivity index (χ1n) is 30.2. The van der Waals surface area contributed by atoms with Crippen LogP contribution in [0, 0.1) is 13.8 Å². The predicted molar refractivity (Wildman–Crippen MR) is 340 cm³/mol. The molecule has 6 aliphatic rings. The van der Waals surface area contributed by atoms with Gasteiger partial charge in [0, 0.05) is 50.5 Å². The number of rotatable bonds is 4. The van der Waals surface area contributed by atoms with Crippen molar-refractivity contribution in [2.75, 3.05) is 14.7 Å². The van der Waals surface area contributed by atoms with E-state index in [4.69, 9.17) is 0 Å². The van der Waals surface area contributed by atoms with E-state index in [2.05, 4.69) is 257 Å². The molecular weight excluding hydrogens is 954 g/mol. The first-order chi connectivity index (χ1) is 37.5. The molecule has 2 aliphatic carbocycles. The fraction of sp³-hybridized carbons (Fsp3) is 0.387. The van der Waals surface area contributed by atoms with E-state index in [-0.39, 0.29) is 44.9 Å². The molecule has 0 N–H and O–H groups in total. The molecule has 0 saturated heterocycles. The third-order valence-electron chi connectivity index (χ3n) is 21.4. The maximum Gasteiger partial charge on any atom is 0.252 e. The Kier molecular flexibility index (Phi) is 10.8. The summed E-state index contributed by atoms with van der Waals surface area (Å²) in [7, 11) is 0. The Morgan fingerprint density at radius 2 is 1.09 bits per heavy atom. The molecule has 2 saturated carbocycles. The van der Waals surface area contributed by atoms with Gasteiger partial charge in [-0.05, 0) is 189 Å². The molecule has 0 amide bonds. The topological polar surface area (TPSA) is 9.72 Å². The Bertz CT molecular complexity index is 3860. The normalized spacial score (nSPS) is 23.8. The molecule has 8 aromatic rings. The van der Waals surface area contributed by atoms with E-state index in [0.29, 0.717) is 0 Å². The number of fused-ring (bicyclic) bond motifs is 11. The number of anilines is 7. The zero-order chi connectivity index (χ0) is 55.1.